The Hall–Kier alpha value is -2.29. The molecule has 0 bridgehead atoms. The fourth-order valence-electron chi connectivity index (χ4n) is 3.29. The minimum absolute atomic E-state index is 0.0574. The summed E-state index contributed by atoms with van der Waals surface area (Å²) >= 11 is 0. The van der Waals surface area contributed by atoms with Gasteiger partial charge in [-0.1, -0.05) is 36.4 Å². The summed E-state index contributed by atoms with van der Waals surface area (Å²) in [6.07, 6.45) is 3.63. The van der Waals surface area contributed by atoms with E-state index in [9.17, 15) is 4.79 Å². The lowest BCUT2D eigenvalue weighted by Crippen LogP contribution is -2.31. The van der Waals surface area contributed by atoms with Gasteiger partial charge in [0.05, 0.1) is 19.1 Å². The first-order valence-electron chi connectivity index (χ1n) is 8.71. The Morgan fingerprint density at radius 3 is 2.92 bits per heavy atom. The molecule has 1 aliphatic carbocycles. The van der Waals surface area contributed by atoms with Crippen LogP contribution in [-0.4, -0.2) is 12.5 Å². The van der Waals surface area contributed by atoms with Crippen molar-refractivity contribution in [2.75, 3.05) is 6.61 Å². The molecule has 1 N–H and O–H groups in total. The average molecular weight is 323 g/mol. The van der Waals surface area contributed by atoms with Crippen LogP contribution in [0.1, 0.15) is 47.6 Å². The van der Waals surface area contributed by atoms with Gasteiger partial charge in [-0.2, -0.15) is 0 Å². The molecule has 0 aromatic heterocycles. The molecule has 0 fully saturated rings. The number of rotatable bonds is 5. The average Bonchev–Trinajstić information content (AvgIpc) is 2.58. The first-order valence-corrected chi connectivity index (χ1v) is 8.71. The van der Waals surface area contributed by atoms with Crippen LogP contribution >= 0.6 is 0 Å². The summed E-state index contributed by atoms with van der Waals surface area (Å²) in [6.45, 7) is 4.47. The van der Waals surface area contributed by atoms with Crippen LogP contribution in [0.25, 0.3) is 0 Å². The molecule has 3 rings (SSSR count). The van der Waals surface area contributed by atoms with E-state index in [2.05, 4.69) is 29.6 Å². The summed E-state index contributed by atoms with van der Waals surface area (Å²) in [5.74, 6) is 0.924. The number of aryl methyl sites for hydroxylation is 3. The Bertz CT molecular complexity index is 724. The monoisotopic (exact) mass is 323 g/mol. The predicted molar refractivity (Wildman–Crippen MR) is 96.3 cm³/mol. The zero-order valence-electron chi connectivity index (χ0n) is 14.5. The lowest BCUT2D eigenvalue weighted by atomic mass is 9.88. The van der Waals surface area contributed by atoms with Crippen molar-refractivity contribution in [3.8, 4) is 5.75 Å². The van der Waals surface area contributed by atoms with Crippen molar-refractivity contribution in [1.29, 1.82) is 0 Å². The molecule has 3 nitrogen and oxygen atoms in total. The second kappa shape index (κ2) is 7.52. The maximum Gasteiger partial charge on any atom is 0.223 e. The highest BCUT2D eigenvalue weighted by atomic mass is 16.5. The van der Waals surface area contributed by atoms with Gasteiger partial charge in [0.1, 0.15) is 5.75 Å². The fourth-order valence-corrected chi connectivity index (χ4v) is 3.29. The van der Waals surface area contributed by atoms with E-state index < -0.39 is 0 Å². The molecular weight excluding hydrogens is 298 g/mol. The van der Waals surface area contributed by atoms with E-state index in [-0.39, 0.29) is 11.9 Å². The minimum Gasteiger partial charge on any atom is -0.493 e. The van der Waals surface area contributed by atoms with Crippen LogP contribution in [0.2, 0.25) is 0 Å². The van der Waals surface area contributed by atoms with Crippen molar-refractivity contribution in [2.24, 2.45) is 0 Å². The third-order valence-electron chi connectivity index (χ3n) is 4.63. The molecular formula is C21H25NO2. The van der Waals surface area contributed by atoms with Gasteiger partial charge in [-0.15, -0.1) is 0 Å². The molecule has 0 heterocycles. The molecule has 0 radical (unpaired) electrons. The number of nitrogens with one attached hydrogen (secondary N) is 1. The summed E-state index contributed by atoms with van der Waals surface area (Å²) in [6, 6.07) is 14.7. The van der Waals surface area contributed by atoms with E-state index in [1.807, 2.05) is 32.0 Å². The molecule has 1 aliphatic rings. The van der Waals surface area contributed by atoms with Crippen LogP contribution in [0.3, 0.4) is 0 Å². The molecule has 0 saturated heterocycles. The topological polar surface area (TPSA) is 38.3 Å². The van der Waals surface area contributed by atoms with Gasteiger partial charge in [-0.3, -0.25) is 4.79 Å². The SMILES string of the molecule is Cc1ccc(C)c(OCCC(=O)NC2CCCc3ccccc32)c1. The molecule has 1 atom stereocenters. The number of hydrogen-bond donors (Lipinski definition) is 1. The molecule has 1 amide bonds. The third-order valence-corrected chi connectivity index (χ3v) is 4.63. The van der Waals surface area contributed by atoms with Crippen LogP contribution in [0, 0.1) is 13.8 Å². The number of amides is 1. The quantitative estimate of drug-likeness (QED) is 0.892. The Morgan fingerprint density at radius 2 is 2.04 bits per heavy atom. The highest BCUT2D eigenvalue weighted by molar-refractivity contribution is 5.76. The van der Waals surface area contributed by atoms with Gasteiger partial charge < -0.3 is 10.1 Å². The summed E-state index contributed by atoms with van der Waals surface area (Å²) in [4.78, 5) is 12.3. The summed E-state index contributed by atoms with van der Waals surface area (Å²) < 4.78 is 5.79. The van der Waals surface area contributed by atoms with Crippen LogP contribution in [0.15, 0.2) is 42.5 Å². The highest BCUT2D eigenvalue weighted by Crippen LogP contribution is 2.29. The van der Waals surface area contributed by atoms with Crippen LogP contribution in [-0.2, 0) is 11.2 Å². The minimum atomic E-state index is 0.0574. The van der Waals surface area contributed by atoms with Gasteiger partial charge >= 0.3 is 0 Å². The van der Waals surface area contributed by atoms with Crippen molar-refractivity contribution in [2.45, 2.75) is 45.6 Å². The van der Waals surface area contributed by atoms with E-state index in [4.69, 9.17) is 4.74 Å². The highest BCUT2D eigenvalue weighted by Gasteiger charge is 2.21. The van der Waals surface area contributed by atoms with E-state index in [0.717, 1.165) is 30.6 Å². The van der Waals surface area contributed by atoms with Crippen molar-refractivity contribution in [1.82, 2.24) is 5.32 Å². The Morgan fingerprint density at radius 1 is 1.21 bits per heavy atom. The number of hydrogen-bond acceptors (Lipinski definition) is 2. The Kier molecular flexibility index (Phi) is 5.19. The smallest absolute Gasteiger partial charge is 0.223 e. The van der Waals surface area contributed by atoms with Gasteiger partial charge in [0.25, 0.3) is 0 Å². The number of ether oxygens (including phenoxy) is 1. The fraction of sp³-hybridized carbons (Fsp3) is 0.381. The van der Waals surface area contributed by atoms with Crippen LogP contribution in [0.5, 0.6) is 5.75 Å². The zero-order chi connectivity index (χ0) is 16.9. The van der Waals surface area contributed by atoms with E-state index in [0.29, 0.717) is 13.0 Å². The van der Waals surface area contributed by atoms with Gasteiger partial charge in [0.2, 0.25) is 5.91 Å². The molecule has 2 aromatic carbocycles. The van der Waals surface area contributed by atoms with E-state index >= 15 is 0 Å². The predicted octanol–water partition coefficient (Wildman–Crippen LogP) is 4.27. The number of carbonyl (C=O) groups is 1. The van der Waals surface area contributed by atoms with Gasteiger partial charge in [-0.25, -0.2) is 0 Å². The normalized spacial score (nSPS) is 16.3. The van der Waals surface area contributed by atoms with E-state index in [1.54, 1.807) is 0 Å². The van der Waals surface area contributed by atoms with Crippen molar-refractivity contribution in [3.05, 3.63) is 64.7 Å². The van der Waals surface area contributed by atoms with Crippen LogP contribution < -0.4 is 10.1 Å². The van der Waals surface area contributed by atoms with Gasteiger partial charge in [0.15, 0.2) is 0 Å². The lowest BCUT2D eigenvalue weighted by molar-refractivity contribution is -0.122. The summed E-state index contributed by atoms with van der Waals surface area (Å²) in [5, 5.41) is 3.17. The number of benzene rings is 2. The molecule has 0 saturated carbocycles. The molecule has 3 heteroatoms. The molecule has 1 unspecified atom stereocenters. The van der Waals surface area contributed by atoms with E-state index in [1.165, 1.54) is 16.7 Å². The first kappa shape index (κ1) is 16.6. The molecule has 2 aromatic rings. The molecule has 0 aliphatic heterocycles. The second-order valence-corrected chi connectivity index (χ2v) is 6.58. The van der Waals surface area contributed by atoms with Crippen LogP contribution in [0.4, 0.5) is 0 Å². The molecule has 24 heavy (non-hydrogen) atoms. The van der Waals surface area contributed by atoms with Crippen molar-refractivity contribution >= 4 is 5.91 Å². The van der Waals surface area contributed by atoms with Crippen molar-refractivity contribution < 1.29 is 9.53 Å². The second-order valence-electron chi connectivity index (χ2n) is 6.58. The zero-order valence-corrected chi connectivity index (χ0v) is 14.5. The van der Waals surface area contributed by atoms with Gasteiger partial charge in [-0.05, 0) is 61.4 Å². The first-order chi connectivity index (χ1) is 11.6. The standard InChI is InChI=1S/C21H25NO2/c1-15-10-11-16(2)20(14-15)24-13-12-21(23)22-19-9-5-7-17-6-3-4-8-18(17)19/h3-4,6,8,10-11,14,19H,5,7,9,12-13H2,1-2H3,(H,22,23). The Labute approximate surface area is 144 Å². The summed E-state index contributed by atoms with van der Waals surface area (Å²) in [5.41, 5.74) is 4.90. The molecule has 0 spiro atoms. The maximum atomic E-state index is 12.3. The molecule has 126 valence electrons. The van der Waals surface area contributed by atoms with Gasteiger partial charge in [0, 0.05) is 0 Å². The third kappa shape index (κ3) is 3.97. The number of carbonyl (C=O) groups excluding carboxylic acids is 1. The Balaban J connectivity index is 1.53. The maximum absolute atomic E-state index is 12.3. The summed E-state index contributed by atoms with van der Waals surface area (Å²) in [7, 11) is 0. The lowest BCUT2D eigenvalue weighted by Gasteiger charge is -2.26. The van der Waals surface area contributed by atoms with Crippen molar-refractivity contribution in [3.63, 3.8) is 0 Å². The largest absolute Gasteiger partial charge is 0.493 e. The number of fused-ring (bicyclic) bond motifs is 1.